The predicted octanol–water partition coefficient (Wildman–Crippen LogP) is 1.57. The molecule has 0 heterocycles. The molecule has 0 saturated heterocycles. The van der Waals surface area contributed by atoms with E-state index in [1.807, 2.05) is 32.3 Å². The number of hydrogen-bond donors (Lipinski definition) is 2. The molecule has 0 bridgehead atoms. The van der Waals surface area contributed by atoms with Gasteiger partial charge < -0.3 is 20.5 Å². The van der Waals surface area contributed by atoms with Crippen LogP contribution in [0.25, 0.3) is 0 Å². The van der Waals surface area contributed by atoms with Crippen LogP contribution in [0.1, 0.15) is 30.6 Å². The van der Waals surface area contributed by atoms with E-state index in [2.05, 4.69) is 11.8 Å². The van der Waals surface area contributed by atoms with Crippen LogP contribution in [0.5, 0.6) is 5.75 Å². The van der Waals surface area contributed by atoms with E-state index >= 15 is 0 Å². The summed E-state index contributed by atoms with van der Waals surface area (Å²) in [5, 5.41) is 10.4. The molecule has 0 aromatic heterocycles. The minimum absolute atomic E-state index is 0.289. The van der Waals surface area contributed by atoms with Gasteiger partial charge in [0.2, 0.25) is 0 Å². The minimum Gasteiger partial charge on any atom is -0.496 e. The summed E-state index contributed by atoms with van der Waals surface area (Å²) in [7, 11) is 5.61. The van der Waals surface area contributed by atoms with Crippen LogP contribution in [-0.2, 0) is 6.42 Å². The van der Waals surface area contributed by atoms with E-state index in [0.29, 0.717) is 5.75 Å². The molecule has 4 heteroatoms. The Labute approximate surface area is 116 Å². The number of benzene rings is 1. The van der Waals surface area contributed by atoms with Gasteiger partial charge in [0.15, 0.2) is 0 Å². The molecule has 3 N–H and O–H groups in total. The number of ether oxygens (including phenoxy) is 1. The number of hydrogen-bond acceptors (Lipinski definition) is 4. The average Bonchev–Trinajstić information content (AvgIpc) is 2.42. The minimum atomic E-state index is -0.693. The molecule has 1 aromatic carbocycles. The third-order valence-corrected chi connectivity index (χ3v) is 3.34. The molecule has 2 unspecified atom stereocenters. The van der Waals surface area contributed by atoms with E-state index in [9.17, 15) is 5.11 Å². The van der Waals surface area contributed by atoms with Gasteiger partial charge in [-0.3, -0.25) is 0 Å². The third kappa shape index (κ3) is 4.49. The van der Waals surface area contributed by atoms with Crippen molar-refractivity contribution in [1.82, 2.24) is 4.90 Å². The van der Waals surface area contributed by atoms with Gasteiger partial charge in [0.1, 0.15) is 5.75 Å². The Morgan fingerprint density at radius 1 is 1.37 bits per heavy atom. The number of rotatable bonds is 7. The van der Waals surface area contributed by atoms with Crippen LogP contribution in [0.3, 0.4) is 0 Å². The fourth-order valence-electron chi connectivity index (χ4n) is 2.03. The maximum Gasteiger partial charge on any atom is 0.124 e. The monoisotopic (exact) mass is 266 g/mol. The smallest absolute Gasteiger partial charge is 0.124 e. The molecule has 1 aromatic rings. The van der Waals surface area contributed by atoms with Crippen molar-refractivity contribution < 1.29 is 9.84 Å². The molecular formula is C15H26N2O2. The van der Waals surface area contributed by atoms with Crippen LogP contribution in [0.15, 0.2) is 18.2 Å². The molecule has 0 spiro atoms. The Hall–Kier alpha value is -1.10. The molecule has 1 rings (SSSR count). The highest BCUT2D eigenvalue weighted by Gasteiger charge is 2.20. The second kappa shape index (κ2) is 7.48. The molecule has 0 fully saturated rings. The van der Waals surface area contributed by atoms with Crippen LogP contribution in [0.4, 0.5) is 0 Å². The van der Waals surface area contributed by atoms with E-state index in [0.717, 1.165) is 24.9 Å². The SMILES string of the molecule is CCc1ccc(OC)c(C(O)C(N)CCN(C)C)c1. The lowest BCUT2D eigenvalue weighted by Gasteiger charge is -2.23. The number of nitrogens with two attached hydrogens (primary N) is 1. The lowest BCUT2D eigenvalue weighted by atomic mass is 9.97. The maximum absolute atomic E-state index is 10.4. The van der Waals surface area contributed by atoms with Gasteiger partial charge in [-0.25, -0.2) is 0 Å². The van der Waals surface area contributed by atoms with Crippen molar-refractivity contribution in [3.8, 4) is 5.75 Å². The number of aryl methyl sites for hydroxylation is 1. The van der Waals surface area contributed by atoms with Gasteiger partial charge in [-0.2, -0.15) is 0 Å². The van der Waals surface area contributed by atoms with Gasteiger partial charge in [0.25, 0.3) is 0 Å². The number of aliphatic hydroxyl groups excluding tert-OH is 1. The van der Waals surface area contributed by atoms with E-state index < -0.39 is 6.10 Å². The van der Waals surface area contributed by atoms with Gasteiger partial charge in [-0.1, -0.05) is 13.0 Å². The Bertz CT molecular complexity index is 394. The Balaban J connectivity index is 2.87. The van der Waals surface area contributed by atoms with E-state index in [1.165, 1.54) is 5.56 Å². The van der Waals surface area contributed by atoms with Gasteiger partial charge in [0.05, 0.1) is 13.2 Å². The van der Waals surface area contributed by atoms with Gasteiger partial charge >= 0.3 is 0 Å². The van der Waals surface area contributed by atoms with E-state index in [1.54, 1.807) is 7.11 Å². The molecule has 0 aliphatic carbocycles. The summed E-state index contributed by atoms with van der Waals surface area (Å²) in [6.45, 7) is 2.94. The zero-order valence-electron chi connectivity index (χ0n) is 12.4. The highest BCUT2D eigenvalue weighted by molar-refractivity contribution is 5.39. The molecule has 0 aliphatic rings. The van der Waals surface area contributed by atoms with Crippen LogP contribution < -0.4 is 10.5 Å². The second-order valence-corrected chi connectivity index (χ2v) is 5.13. The highest BCUT2D eigenvalue weighted by Crippen LogP contribution is 2.29. The van der Waals surface area contributed by atoms with E-state index in [-0.39, 0.29) is 6.04 Å². The average molecular weight is 266 g/mol. The second-order valence-electron chi connectivity index (χ2n) is 5.13. The molecule has 19 heavy (non-hydrogen) atoms. The Morgan fingerprint density at radius 3 is 2.58 bits per heavy atom. The highest BCUT2D eigenvalue weighted by atomic mass is 16.5. The summed E-state index contributed by atoms with van der Waals surface area (Å²) < 4.78 is 5.32. The zero-order valence-corrected chi connectivity index (χ0v) is 12.4. The molecule has 4 nitrogen and oxygen atoms in total. The van der Waals surface area contributed by atoms with Gasteiger partial charge in [-0.05, 0) is 51.2 Å². The lowest BCUT2D eigenvalue weighted by molar-refractivity contribution is 0.134. The molecular weight excluding hydrogens is 240 g/mol. The van der Waals surface area contributed by atoms with Crippen LogP contribution in [-0.4, -0.2) is 43.8 Å². The summed E-state index contributed by atoms with van der Waals surface area (Å²) in [4.78, 5) is 2.06. The first kappa shape index (κ1) is 16.0. The maximum atomic E-state index is 10.4. The Morgan fingerprint density at radius 2 is 2.05 bits per heavy atom. The summed E-state index contributed by atoms with van der Waals surface area (Å²) in [6, 6.07) is 5.61. The standard InChI is InChI=1S/C15H26N2O2/c1-5-11-6-7-14(19-4)12(10-11)15(18)13(16)8-9-17(2)3/h6-7,10,13,15,18H,5,8-9,16H2,1-4H3. The van der Waals surface area contributed by atoms with Crippen molar-refractivity contribution in [2.75, 3.05) is 27.7 Å². The number of nitrogens with zero attached hydrogens (tertiary/aromatic N) is 1. The molecule has 0 saturated carbocycles. The van der Waals surface area contributed by atoms with Crippen LogP contribution >= 0.6 is 0 Å². The first-order chi connectivity index (χ1) is 8.99. The summed E-state index contributed by atoms with van der Waals surface area (Å²) in [5.41, 5.74) is 8.04. The zero-order chi connectivity index (χ0) is 14.4. The molecule has 0 aliphatic heterocycles. The lowest BCUT2D eigenvalue weighted by Crippen LogP contribution is -2.32. The molecule has 0 amide bonds. The fourth-order valence-corrected chi connectivity index (χ4v) is 2.03. The first-order valence-corrected chi connectivity index (χ1v) is 6.74. The van der Waals surface area contributed by atoms with Crippen molar-refractivity contribution >= 4 is 0 Å². The largest absolute Gasteiger partial charge is 0.496 e. The number of aliphatic hydroxyl groups is 1. The summed E-state index contributed by atoms with van der Waals surface area (Å²) >= 11 is 0. The molecule has 0 radical (unpaired) electrons. The summed E-state index contributed by atoms with van der Waals surface area (Å²) in [5.74, 6) is 0.699. The van der Waals surface area contributed by atoms with Crippen molar-refractivity contribution in [3.63, 3.8) is 0 Å². The van der Waals surface area contributed by atoms with Crippen molar-refractivity contribution in [2.24, 2.45) is 5.73 Å². The third-order valence-electron chi connectivity index (χ3n) is 3.34. The molecule has 2 atom stereocenters. The van der Waals surface area contributed by atoms with Crippen LogP contribution in [0.2, 0.25) is 0 Å². The predicted molar refractivity (Wildman–Crippen MR) is 78.5 cm³/mol. The van der Waals surface area contributed by atoms with Gasteiger partial charge in [0, 0.05) is 11.6 Å². The number of methoxy groups -OCH3 is 1. The van der Waals surface area contributed by atoms with Gasteiger partial charge in [-0.15, -0.1) is 0 Å². The van der Waals surface area contributed by atoms with E-state index in [4.69, 9.17) is 10.5 Å². The normalized spacial score (nSPS) is 14.5. The van der Waals surface area contributed by atoms with Crippen molar-refractivity contribution in [2.45, 2.75) is 31.9 Å². The quantitative estimate of drug-likeness (QED) is 0.786. The van der Waals surface area contributed by atoms with Crippen molar-refractivity contribution in [1.29, 1.82) is 0 Å². The fraction of sp³-hybridized carbons (Fsp3) is 0.600. The topological polar surface area (TPSA) is 58.7 Å². The van der Waals surface area contributed by atoms with Crippen molar-refractivity contribution in [3.05, 3.63) is 29.3 Å². The Kier molecular flexibility index (Phi) is 6.28. The van der Waals surface area contributed by atoms with Crippen LogP contribution in [0, 0.1) is 0 Å². The summed E-state index contributed by atoms with van der Waals surface area (Å²) in [6.07, 6.45) is 0.978. The first-order valence-electron chi connectivity index (χ1n) is 6.74. The molecule has 108 valence electrons.